The number of anilines is 1. The SMILES string of the molecule is COC(=O)c1ccc(NC(=O)[C@@H]2CS[C@@]3(C)CSCC(=O)N23)cc1. The Hall–Kier alpha value is -1.67. The smallest absolute Gasteiger partial charge is 0.337 e. The Morgan fingerprint density at radius 2 is 2.04 bits per heavy atom. The topological polar surface area (TPSA) is 75.7 Å². The van der Waals surface area contributed by atoms with E-state index in [4.69, 9.17) is 0 Å². The van der Waals surface area contributed by atoms with E-state index in [-0.39, 0.29) is 16.7 Å². The van der Waals surface area contributed by atoms with Gasteiger partial charge in [0.15, 0.2) is 0 Å². The van der Waals surface area contributed by atoms with Crippen LogP contribution in [0.15, 0.2) is 24.3 Å². The van der Waals surface area contributed by atoms with Crippen LogP contribution in [0.4, 0.5) is 5.69 Å². The summed E-state index contributed by atoms with van der Waals surface area (Å²) in [6, 6.07) is 6.03. The van der Waals surface area contributed by atoms with Gasteiger partial charge < -0.3 is 15.0 Å². The lowest BCUT2D eigenvalue weighted by atomic mass is 10.1. The Bertz CT molecular complexity index is 679. The normalized spacial score (nSPS) is 26.0. The number of benzene rings is 1. The number of amides is 2. The first-order chi connectivity index (χ1) is 11.4. The van der Waals surface area contributed by atoms with E-state index in [1.165, 1.54) is 7.11 Å². The molecule has 0 saturated carbocycles. The number of hydrogen-bond donors (Lipinski definition) is 1. The Labute approximate surface area is 148 Å². The Kier molecular flexibility index (Phi) is 4.78. The minimum absolute atomic E-state index is 0.0138. The molecule has 2 aliphatic rings. The minimum Gasteiger partial charge on any atom is -0.465 e. The van der Waals surface area contributed by atoms with Crippen molar-refractivity contribution in [3.05, 3.63) is 29.8 Å². The molecule has 0 spiro atoms. The summed E-state index contributed by atoms with van der Waals surface area (Å²) in [6.45, 7) is 2.01. The molecule has 0 radical (unpaired) electrons. The van der Waals surface area contributed by atoms with Crippen LogP contribution in [0, 0.1) is 0 Å². The zero-order valence-electron chi connectivity index (χ0n) is 13.4. The number of thioether (sulfide) groups is 2. The van der Waals surface area contributed by atoms with Gasteiger partial charge in [-0.25, -0.2) is 4.79 Å². The maximum absolute atomic E-state index is 12.6. The fourth-order valence-corrected chi connectivity index (χ4v) is 5.61. The van der Waals surface area contributed by atoms with Crippen molar-refractivity contribution in [2.24, 2.45) is 0 Å². The molecule has 2 fully saturated rings. The third-order valence-corrected chi connectivity index (χ3v) is 6.96. The highest BCUT2D eigenvalue weighted by molar-refractivity contribution is 8.04. The molecule has 0 aliphatic carbocycles. The van der Waals surface area contributed by atoms with E-state index in [9.17, 15) is 14.4 Å². The summed E-state index contributed by atoms with van der Waals surface area (Å²) in [5, 5.41) is 2.83. The molecule has 0 unspecified atom stereocenters. The second kappa shape index (κ2) is 6.68. The first-order valence-electron chi connectivity index (χ1n) is 7.48. The van der Waals surface area contributed by atoms with Crippen molar-refractivity contribution < 1.29 is 19.1 Å². The maximum Gasteiger partial charge on any atom is 0.337 e. The van der Waals surface area contributed by atoms with Crippen molar-refractivity contribution in [2.45, 2.75) is 17.8 Å². The van der Waals surface area contributed by atoms with Crippen molar-refractivity contribution in [1.29, 1.82) is 0 Å². The van der Waals surface area contributed by atoms with Crippen LogP contribution in [-0.4, -0.2) is 58.0 Å². The molecule has 2 heterocycles. The summed E-state index contributed by atoms with van der Waals surface area (Å²) in [7, 11) is 1.32. The molecular weight excluding hydrogens is 348 g/mol. The molecule has 24 heavy (non-hydrogen) atoms. The number of carbonyl (C=O) groups is 3. The van der Waals surface area contributed by atoms with Crippen molar-refractivity contribution in [1.82, 2.24) is 4.90 Å². The average molecular weight is 366 g/mol. The highest BCUT2D eigenvalue weighted by Crippen LogP contribution is 2.44. The van der Waals surface area contributed by atoms with Crippen molar-refractivity contribution >= 4 is 47.0 Å². The van der Waals surface area contributed by atoms with Gasteiger partial charge in [0.2, 0.25) is 11.8 Å². The van der Waals surface area contributed by atoms with Crippen molar-refractivity contribution in [2.75, 3.05) is 29.7 Å². The van der Waals surface area contributed by atoms with Crippen LogP contribution >= 0.6 is 23.5 Å². The largest absolute Gasteiger partial charge is 0.465 e. The molecule has 8 heteroatoms. The lowest BCUT2D eigenvalue weighted by Crippen LogP contribution is -2.56. The molecule has 2 saturated heterocycles. The number of methoxy groups -OCH3 is 1. The molecule has 1 N–H and O–H groups in total. The molecule has 2 amide bonds. The van der Waals surface area contributed by atoms with Gasteiger partial charge in [0.1, 0.15) is 6.04 Å². The van der Waals surface area contributed by atoms with E-state index in [1.54, 1.807) is 52.7 Å². The number of ether oxygens (including phenoxy) is 1. The number of hydrogen-bond acceptors (Lipinski definition) is 6. The standard InChI is InChI=1S/C16H18N2O4S2/c1-16-9-23-8-13(19)18(16)12(7-24-16)14(20)17-11-5-3-10(4-6-11)15(21)22-2/h3-6,12H,7-9H2,1-2H3,(H,17,20)/t12-,16-/m0/s1. The van der Waals surface area contributed by atoms with Gasteiger partial charge >= 0.3 is 5.97 Å². The summed E-state index contributed by atoms with van der Waals surface area (Å²) in [6.07, 6.45) is 0. The van der Waals surface area contributed by atoms with Gasteiger partial charge in [-0.1, -0.05) is 0 Å². The van der Waals surface area contributed by atoms with Crippen molar-refractivity contribution in [3.63, 3.8) is 0 Å². The molecule has 1 aromatic rings. The van der Waals surface area contributed by atoms with E-state index in [2.05, 4.69) is 10.1 Å². The molecule has 0 bridgehead atoms. The summed E-state index contributed by atoms with van der Waals surface area (Å²) in [5.74, 6) is 1.24. The third-order valence-electron chi connectivity index (χ3n) is 4.11. The first-order valence-corrected chi connectivity index (χ1v) is 9.62. The number of carbonyl (C=O) groups excluding carboxylic acids is 3. The number of esters is 1. The van der Waals surface area contributed by atoms with Crippen LogP contribution in [0.1, 0.15) is 17.3 Å². The van der Waals surface area contributed by atoms with Gasteiger partial charge in [0, 0.05) is 17.2 Å². The number of fused-ring (bicyclic) bond motifs is 1. The van der Waals surface area contributed by atoms with Gasteiger partial charge in [-0.15, -0.1) is 23.5 Å². The Balaban J connectivity index is 1.71. The third kappa shape index (κ3) is 3.12. The lowest BCUT2D eigenvalue weighted by molar-refractivity contribution is -0.138. The summed E-state index contributed by atoms with van der Waals surface area (Å²) in [4.78, 5) is 37.7. The highest BCUT2D eigenvalue weighted by Gasteiger charge is 2.51. The summed E-state index contributed by atoms with van der Waals surface area (Å²) < 4.78 is 4.65. The molecular formula is C16H18N2O4S2. The van der Waals surface area contributed by atoms with E-state index in [0.717, 1.165) is 5.75 Å². The zero-order chi connectivity index (χ0) is 17.3. The molecule has 3 rings (SSSR count). The molecule has 2 atom stereocenters. The van der Waals surface area contributed by atoms with Crippen LogP contribution in [0.5, 0.6) is 0 Å². The number of nitrogens with zero attached hydrogens (tertiary/aromatic N) is 1. The summed E-state index contributed by atoms with van der Waals surface area (Å²) >= 11 is 3.27. The van der Waals surface area contributed by atoms with E-state index < -0.39 is 12.0 Å². The lowest BCUT2D eigenvalue weighted by Gasteiger charge is -2.40. The maximum atomic E-state index is 12.6. The molecule has 128 valence electrons. The van der Waals surface area contributed by atoms with Crippen LogP contribution in [0.2, 0.25) is 0 Å². The predicted octanol–water partition coefficient (Wildman–Crippen LogP) is 1.82. The fourth-order valence-electron chi connectivity index (χ4n) is 2.90. The number of rotatable bonds is 3. The predicted molar refractivity (Wildman–Crippen MR) is 95.2 cm³/mol. The minimum atomic E-state index is -0.464. The zero-order valence-corrected chi connectivity index (χ0v) is 15.0. The number of nitrogens with one attached hydrogen (secondary N) is 1. The summed E-state index contributed by atoms with van der Waals surface area (Å²) in [5.41, 5.74) is 1.01. The van der Waals surface area contributed by atoms with Gasteiger partial charge in [-0.05, 0) is 31.2 Å². The van der Waals surface area contributed by atoms with Crippen LogP contribution in [-0.2, 0) is 14.3 Å². The van der Waals surface area contributed by atoms with E-state index >= 15 is 0 Å². The van der Waals surface area contributed by atoms with Crippen LogP contribution < -0.4 is 5.32 Å². The highest BCUT2D eigenvalue weighted by atomic mass is 32.2. The second-order valence-electron chi connectivity index (χ2n) is 5.82. The second-order valence-corrected chi connectivity index (χ2v) is 8.30. The van der Waals surface area contributed by atoms with Crippen LogP contribution in [0.25, 0.3) is 0 Å². The van der Waals surface area contributed by atoms with Crippen molar-refractivity contribution in [3.8, 4) is 0 Å². The quantitative estimate of drug-likeness (QED) is 0.823. The Morgan fingerprint density at radius 3 is 2.71 bits per heavy atom. The molecule has 0 aromatic heterocycles. The van der Waals surface area contributed by atoms with Gasteiger partial charge in [-0.2, -0.15) is 0 Å². The first kappa shape index (κ1) is 17.2. The van der Waals surface area contributed by atoms with E-state index in [1.807, 2.05) is 6.92 Å². The fraction of sp³-hybridized carbons (Fsp3) is 0.438. The van der Waals surface area contributed by atoms with E-state index in [0.29, 0.717) is 22.8 Å². The van der Waals surface area contributed by atoms with Gasteiger partial charge in [-0.3, -0.25) is 9.59 Å². The average Bonchev–Trinajstić information content (AvgIpc) is 2.93. The monoisotopic (exact) mass is 366 g/mol. The molecule has 6 nitrogen and oxygen atoms in total. The Morgan fingerprint density at radius 1 is 1.33 bits per heavy atom. The molecule has 1 aromatic carbocycles. The van der Waals surface area contributed by atoms with Gasteiger partial charge in [0.25, 0.3) is 0 Å². The molecule has 2 aliphatic heterocycles. The van der Waals surface area contributed by atoms with Gasteiger partial charge in [0.05, 0.1) is 23.3 Å². The van der Waals surface area contributed by atoms with Crippen LogP contribution in [0.3, 0.4) is 0 Å².